The number of carbonyl (C=O) groups is 3. The maximum atomic E-state index is 12.8. The van der Waals surface area contributed by atoms with Crippen LogP contribution in [-0.2, 0) is 9.53 Å². The highest BCUT2D eigenvalue weighted by atomic mass is 32.2. The van der Waals surface area contributed by atoms with Gasteiger partial charge in [-0.1, -0.05) is 30.0 Å². The fourth-order valence-electron chi connectivity index (χ4n) is 3.18. The van der Waals surface area contributed by atoms with Gasteiger partial charge in [-0.05, 0) is 67.6 Å². The van der Waals surface area contributed by atoms with Crippen LogP contribution < -0.4 is 5.63 Å². The number of hydrogen-bond donors (Lipinski definition) is 0. The highest BCUT2D eigenvalue weighted by Crippen LogP contribution is 2.28. The molecule has 33 heavy (non-hydrogen) atoms. The Morgan fingerprint density at radius 1 is 0.848 bits per heavy atom. The van der Waals surface area contributed by atoms with Crippen molar-refractivity contribution < 1.29 is 23.5 Å². The first kappa shape index (κ1) is 22.2. The van der Waals surface area contributed by atoms with E-state index >= 15 is 0 Å². The first-order valence-electron chi connectivity index (χ1n) is 10.1. The Morgan fingerprint density at radius 3 is 2.09 bits per heavy atom. The molecule has 0 bridgehead atoms. The molecule has 3 aromatic carbocycles. The van der Waals surface area contributed by atoms with Crippen molar-refractivity contribution >= 4 is 40.3 Å². The van der Waals surface area contributed by atoms with Crippen LogP contribution in [0.5, 0.6) is 0 Å². The Labute approximate surface area is 193 Å². The van der Waals surface area contributed by atoms with E-state index in [0.29, 0.717) is 16.5 Å². The molecule has 0 aliphatic heterocycles. The molecule has 0 radical (unpaired) electrons. The largest absolute Gasteiger partial charge is 0.460 e. The molecule has 7 heteroatoms. The number of fused-ring (bicyclic) bond motifs is 1. The second-order valence-electron chi connectivity index (χ2n) is 7.01. The molecule has 0 aliphatic carbocycles. The summed E-state index contributed by atoms with van der Waals surface area (Å²) in [6, 6.07) is 22.0. The summed E-state index contributed by atoms with van der Waals surface area (Å²) >= 11 is 1.43. The molecule has 0 atom stereocenters. The lowest BCUT2D eigenvalue weighted by atomic mass is 10.0. The normalized spacial score (nSPS) is 10.7. The van der Waals surface area contributed by atoms with Crippen LogP contribution in [0.15, 0.2) is 97.9 Å². The summed E-state index contributed by atoms with van der Waals surface area (Å²) in [5, 5.41) is 0.678. The van der Waals surface area contributed by atoms with E-state index in [1.165, 1.54) is 11.8 Å². The molecule has 6 nitrogen and oxygen atoms in total. The Bertz CT molecular complexity index is 1400. The number of rotatable bonds is 7. The zero-order valence-corrected chi connectivity index (χ0v) is 18.4. The van der Waals surface area contributed by atoms with Gasteiger partial charge in [-0.2, -0.15) is 0 Å². The molecule has 1 aromatic heterocycles. The first-order valence-corrected chi connectivity index (χ1v) is 10.9. The van der Waals surface area contributed by atoms with Gasteiger partial charge in [-0.3, -0.25) is 9.59 Å². The van der Waals surface area contributed by atoms with Crippen LogP contribution in [0.4, 0.5) is 0 Å². The Kier molecular flexibility index (Phi) is 6.51. The Morgan fingerprint density at radius 2 is 1.45 bits per heavy atom. The Balaban J connectivity index is 1.48. The molecule has 0 saturated heterocycles. The van der Waals surface area contributed by atoms with E-state index in [0.717, 1.165) is 9.79 Å². The van der Waals surface area contributed by atoms with E-state index < -0.39 is 23.2 Å². The van der Waals surface area contributed by atoms with Crippen molar-refractivity contribution in [3.05, 3.63) is 106 Å². The van der Waals surface area contributed by atoms with Gasteiger partial charge in [-0.25, -0.2) is 9.59 Å². The molecular weight excluding hydrogens is 440 g/mol. The average Bonchev–Trinajstić information content (AvgIpc) is 2.84. The number of ketones is 2. The van der Waals surface area contributed by atoms with E-state index in [1.807, 2.05) is 6.07 Å². The number of Topliss-reactive ketones (excluding diaryl/α,β-unsaturated/α-hetero) is 1. The third-order valence-corrected chi connectivity index (χ3v) is 5.83. The lowest BCUT2D eigenvalue weighted by Gasteiger charge is -2.06. The second kappa shape index (κ2) is 9.67. The zero-order valence-electron chi connectivity index (χ0n) is 17.6. The van der Waals surface area contributed by atoms with Gasteiger partial charge in [0.15, 0.2) is 5.78 Å². The smallest absolute Gasteiger partial charge is 0.379 e. The van der Waals surface area contributed by atoms with Crippen molar-refractivity contribution in [3.63, 3.8) is 0 Å². The molecular formula is C26H18O6S. The highest BCUT2D eigenvalue weighted by molar-refractivity contribution is 7.99. The molecule has 4 rings (SSSR count). The minimum absolute atomic E-state index is 0.0176. The molecule has 0 N–H and O–H groups in total. The molecule has 0 unspecified atom stereocenters. The lowest BCUT2D eigenvalue weighted by molar-refractivity contribution is -0.137. The summed E-state index contributed by atoms with van der Waals surface area (Å²) in [5.74, 6) is -1.97. The van der Waals surface area contributed by atoms with Crippen molar-refractivity contribution in [1.29, 1.82) is 0 Å². The van der Waals surface area contributed by atoms with E-state index in [2.05, 4.69) is 0 Å². The molecule has 0 amide bonds. The summed E-state index contributed by atoms with van der Waals surface area (Å²) in [6.07, 6.45) is 0. The van der Waals surface area contributed by atoms with Crippen LogP contribution in [-0.4, -0.2) is 24.1 Å². The van der Waals surface area contributed by atoms with Crippen molar-refractivity contribution in [1.82, 2.24) is 0 Å². The number of esters is 1. The molecule has 0 fully saturated rings. The van der Waals surface area contributed by atoms with Crippen LogP contribution in [0, 0.1) is 0 Å². The molecule has 164 valence electrons. The average molecular weight is 458 g/mol. The number of ether oxygens (including phenoxy) is 1. The second-order valence-corrected chi connectivity index (χ2v) is 8.16. The maximum Gasteiger partial charge on any atom is 0.379 e. The van der Waals surface area contributed by atoms with E-state index in [9.17, 15) is 19.2 Å². The third-order valence-electron chi connectivity index (χ3n) is 4.82. The summed E-state index contributed by atoms with van der Waals surface area (Å²) in [4.78, 5) is 50.4. The number of carbonyl (C=O) groups excluding carboxylic acids is 3. The zero-order chi connectivity index (χ0) is 23.4. The van der Waals surface area contributed by atoms with Crippen molar-refractivity contribution in [3.8, 4) is 0 Å². The predicted molar refractivity (Wildman–Crippen MR) is 124 cm³/mol. The summed E-state index contributed by atoms with van der Waals surface area (Å²) in [5.41, 5.74) is 0.372. The van der Waals surface area contributed by atoms with Crippen molar-refractivity contribution in [2.24, 2.45) is 0 Å². The molecule has 0 aliphatic rings. The van der Waals surface area contributed by atoms with Gasteiger partial charge in [0, 0.05) is 26.3 Å². The van der Waals surface area contributed by atoms with Gasteiger partial charge < -0.3 is 9.15 Å². The maximum absolute atomic E-state index is 12.8. The number of benzene rings is 3. The van der Waals surface area contributed by atoms with Gasteiger partial charge in [-0.15, -0.1) is 0 Å². The van der Waals surface area contributed by atoms with Gasteiger partial charge in [0.1, 0.15) is 11.1 Å². The number of hydrogen-bond acceptors (Lipinski definition) is 7. The SMILES string of the molecule is CCOC(=O)C(=O)c1ccc(Sc2ccc(C(=O)c3cc4ccccc4oc3=O)cc2)cc1. The van der Waals surface area contributed by atoms with Crippen molar-refractivity contribution in [2.75, 3.05) is 6.61 Å². The molecule has 0 spiro atoms. The fraction of sp³-hybridized carbons (Fsp3) is 0.0769. The van der Waals surface area contributed by atoms with E-state index in [-0.39, 0.29) is 17.7 Å². The monoisotopic (exact) mass is 458 g/mol. The van der Waals surface area contributed by atoms with Crippen LogP contribution in [0.1, 0.15) is 33.2 Å². The van der Waals surface area contributed by atoms with Gasteiger partial charge in [0.2, 0.25) is 0 Å². The third kappa shape index (κ3) is 4.94. The standard InChI is InChI=1S/C26H18O6S/c1-2-31-26(30)24(28)17-9-13-20(14-10-17)33-19-11-7-16(8-12-19)23(27)21-15-18-5-3-4-6-22(18)32-25(21)29/h3-15H,2H2,1H3. The van der Waals surface area contributed by atoms with E-state index in [1.54, 1.807) is 79.7 Å². The highest BCUT2D eigenvalue weighted by Gasteiger charge is 2.18. The van der Waals surface area contributed by atoms with Crippen LogP contribution in [0.25, 0.3) is 11.0 Å². The van der Waals surface area contributed by atoms with Gasteiger partial charge >= 0.3 is 11.6 Å². The number of para-hydroxylation sites is 1. The van der Waals surface area contributed by atoms with Crippen LogP contribution in [0.2, 0.25) is 0 Å². The minimum atomic E-state index is -0.876. The molecule has 4 aromatic rings. The van der Waals surface area contributed by atoms with Gasteiger partial charge in [0.05, 0.1) is 6.61 Å². The summed E-state index contributed by atoms with van der Waals surface area (Å²) in [7, 11) is 0. The molecule has 0 saturated carbocycles. The van der Waals surface area contributed by atoms with Crippen LogP contribution >= 0.6 is 11.8 Å². The Hall–Kier alpha value is -3.97. The van der Waals surface area contributed by atoms with E-state index in [4.69, 9.17) is 9.15 Å². The van der Waals surface area contributed by atoms with Crippen molar-refractivity contribution in [2.45, 2.75) is 16.7 Å². The lowest BCUT2D eigenvalue weighted by Crippen LogP contribution is -2.17. The fourth-order valence-corrected chi connectivity index (χ4v) is 3.99. The predicted octanol–water partition coefficient (Wildman–Crippen LogP) is 4.92. The molecule has 1 heterocycles. The quantitative estimate of drug-likeness (QED) is 0.168. The summed E-state index contributed by atoms with van der Waals surface area (Å²) in [6.45, 7) is 1.78. The minimum Gasteiger partial charge on any atom is -0.460 e. The van der Waals surface area contributed by atoms with Crippen LogP contribution in [0.3, 0.4) is 0 Å². The first-order chi connectivity index (χ1) is 16.0. The van der Waals surface area contributed by atoms with Gasteiger partial charge in [0.25, 0.3) is 5.78 Å². The topological polar surface area (TPSA) is 90.7 Å². The summed E-state index contributed by atoms with van der Waals surface area (Å²) < 4.78 is 9.99.